The standard InChI is InChI=1S/C17H17NO3/c1-9-10(2)21-11(3)15(9)17(19)12-8-18-13-6-5-7-14(20-4)16(12)13/h5-8,18H,1-4H3. The molecular formula is C17H17NO3. The predicted octanol–water partition coefficient (Wildman–Crippen LogP) is 3.93. The van der Waals surface area contributed by atoms with E-state index in [9.17, 15) is 4.79 Å². The summed E-state index contributed by atoms with van der Waals surface area (Å²) < 4.78 is 11.0. The van der Waals surface area contributed by atoms with Gasteiger partial charge in [0.05, 0.1) is 23.6 Å². The Morgan fingerprint density at radius 1 is 1.19 bits per heavy atom. The van der Waals surface area contributed by atoms with Crippen LogP contribution in [0, 0.1) is 20.8 Å². The van der Waals surface area contributed by atoms with Gasteiger partial charge in [0.2, 0.25) is 0 Å². The Morgan fingerprint density at radius 2 is 1.95 bits per heavy atom. The molecule has 0 saturated heterocycles. The molecule has 0 radical (unpaired) electrons. The second kappa shape index (κ2) is 4.81. The van der Waals surface area contributed by atoms with Crippen molar-refractivity contribution in [2.24, 2.45) is 0 Å². The van der Waals surface area contributed by atoms with Crippen molar-refractivity contribution in [1.29, 1.82) is 0 Å². The summed E-state index contributed by atoms with van der Waals surface area (Å²) in [5, 5.41) is 0.808. The zero-order chi connectivity index (χ0) is 15.1. The summed E-state index contributed by atoms with van der Waals surface area (Å²) in [5.74, 6) is 2.08. The molecule has 1 N–H and O–H groups in total. The first kappa shape index (κ1) is 13.5. The summed E-state index contributed by atoms with van der Waals surface area (Å²) >= 11 is 0. The molecule has 0 fully saturated rings. The van der Waals surface area contributed by atoms with Crippen LogP contribution in [0.5, 0.6) is 5.75 Å². The molecule has 108 valence electrons. The number of hydrogen-bond acceptors (Lipinski definition) is 3. The van der Waals surface area contributed by atoms with Gasteiger partial charge in [0.15, 0.2) is 5.78 Å². The third kappa shape index (κ3) is 1.95. The summed E-state index contributed by atoms with van der Waals surface area (Å²) in [6.07, 6.45) is 1.73. The fourth-order valence-corrected chi connectivity index (χ4v) is 2.76. The number of ether oxygens (including phenoxy) is 1. The number of H-pyrrole nitrogens is 1. The van der Waals surface area contributed by atoms with E-state index in [2.05, 4.69) is 4.98 Å². The van der Waals surface area contributed by atoms with Crippen molar-refractivity contribution in [2.75, 3.05) is 7.11 Å². The van der Waals surface area contributed by atoms with Crippen LogP contribution in [0.4, 0.5) is 0 Å². The fourth-order valence-electron chi connectivity index (χ4n) is 2.76. The second-order valence-corrected chi connectivity index (χ2v) is 5.13. The van der Waals surface area contributed by atoms with Crippen molar-refractivity contribution in [2.45, 2.75) is 20.8 Å². The molecule has 0 amide bonds. The van der Waals surface area contributed by atoms with Gasteiger partial charge in [-0.15, -0.1) is 0 Å². The van der Waals surface area contributed by atoms with E-state index in [0.717, 1.165) is 22.2 Å². The first-order valence-corrected chi connectivity index (χ1v) is 6.80. The van der Waals surface area contributed by atoms with E-state index in [1.807, 2.05) is 39.0 Å². The van der Waals surface area contributed by atoms with E-state index in [-0.39, 0.29) is 5.78 Å². The van der Waals surface area contributed by atoms with E-state index in [0.29, 0.717) is 22.6 Å². The largest absolute Gasteiger partial charge is 0.496 e. The molecule has 4 heteroatoms. The van der Waals surface area contributed by atoms with Crippen LogP contribution in [-0.4, -0.2) is 17.9 Å². The molecule has 0 bridgehead atoms. The lowest BCUT2D eigenvalue weighted by Gasteiger charge is -2.04. The molecule has 3 aromatic rings. The number of carbonyl (C=O) groups excluding carboxylic acids is 1. The van der Waals surface area contributed by atoms with Crippen molar-refractivity contribution < 1.29 is 13.9 Å². The predicted molar refractivity (Wildman–Crippen MR) is 81.2 cm³/mol. The van der Waals surface area contributed by atoms with Gasteiger partial charge in [0.1, 0.15) is 17.3 Å². The topological polar surface area (TPSA) is 55.2 Å². The highest BCUT2D eigenvalue weighted by atomic mass is 16.5. The van der Waals surface area contributed by atoms with E-state index >= 15 is 0 Å². The Hall–Kier alpha value is -2.49. The Labute approximate surface area is 122 Å². The zero-order valence-corrected chi connectivity index (χ0v) is 12.5. The van der Waals surface area contributed by atoms with Crippen molar-refractivity contribution in [3.05, 3.63) is 52.6 Å². The average molecular weight is 283 g/mol. The number of furan rings is 1. The second-order valence-electron chi connectivity index (χ2n) is 5.13. The Bertz CT molecular complexity index is 839. The lowest BCUT2D eigenvalue weighted by Crippen LogP contribution is -2.03. The lowest BCUT2D eigenvalue weighted by atomic mass is 9.99. The van der Waals surface area contributed by atoms with Crippen molar-refractivity contribution in [3.8, 4) is 5.75 Å². The van der Waals surface area contributed by atoms with Crippen LogP contribution in [0.15, 0.2) is 28.8 Å². The minimum Gasteiger partial charge on any atom is -0.496 e. The summed E-state index contributed by atoms with van der Waals surface area (Å²) in [5.41, 5.74) is 3.02. The van der Waals surface area contributed by atoms with Crippen molar-refractivity contribution in [1.82, 2.24) is 4.98 Å². The molecule has 21 heavy (non-hydrogen) atoms. The van der Waals surface area contributed by atoms with Gasteiger partial charge in [-0.3, -0.25) is 4.79 Å². The van der Waals surface area contributed by atoms with Crippen LogP contribution in [0.25, 0.3) is 10.9 Å². The van der Waals surface area contributed by atoms with Gasteiger partial charge in [0, 0.05) is 17.3 Å². The van der Waals surface area contributed by atoms with Crippen LogP contribution < -0.4 is 4.74 Å². The molecule has 0 unspecified atom stereocenters. The zero-order valence-electron chi connectivity index (χ0n) is 12.5. The minimum absolute atomic E-state index is 0.0439. The van der Waals surface area contributed by atoms with E-state index in [1.165, 1.54) is 0 Å². The number of aromatic nitrogens is 1. The van der Waals surface area contributed by atoms with Crippen LogP contribution in [0.2, 0.25) is 0 Å². The number of aryl methyl sites for hydroxylation is 2. The molecule has 3 rings (SSSR count). The number of carbonyl (C=O) groups is 1. The number of rotatable bonds is 3. The molecule has 1 aromatic carbocycles. The Kier molecular flexibility index (Phi) is 3.09. The van der Waals surface area contributed by atoms with Crippen LogP contribution >= 0.6 is 0 Å². The van der Waals surface area contributed by atoms with Crippen molar-refractivity contribution >= 4 is 16.7 Å². The summed E-state index contributed by atoms with van der Waals surface area (Å²) in [7, 11) is 1.61. The number of hydrogen-bond donors (Lipinski definition) is 1. The molecule has 0 aliphatic carbocycles. The summed E-state index contributed by atoms with van der Waals surface area (Å²) in [6.45, 7) is 5.60. The van der Waals surface area contributed by atoms with Crippen LogP contribution in [0.1, 0.15) is 33.0 Å². The maximum atomic E-state index is 12.9. The smallest absolute Gasteiger partial charge is 0.199 e. The van der Waals surface area contributed by atoms with Crippen LogP contribution in [-0.2, 0) is 0 Å². The third-order valence-corrected chi connectivity index (χ3v) is 3.92. The monoisotopic (exact) mass is 283 g/mol. The molecule has 2 heterocycles. The van der Waals surface area contributed by atoms with Gasteiger partial charge in [-0.25, -0.2) is 0 Å². The normalized spacial score (nSPS) is 11.0. The maximum Gasteiger partial charge on any atom is 0.199 e. The Balaban J connectivity index is 2.23. The number of aromatic amines is 1. The van der Waals surface area contributed by atoms with Gasteiger partial charge in [-0.2, -0.15) is 0 Å². The SMILES string of the molecule is COc1cccc2[nH]cc(C(=O)c3c(C)oc(C)c3C)c12. The number of methoxy groups -OCH3 is 1. The van der Waals surface area contributed by atoms with E-state index in [1.54, 1.807) is 13.3 Å². The number of ketones is 1. The fraction of sp³-hybridized carbons (Fsp3) is 0.235. The van der Waals surface area contributed by atoms with Gasteiger partial charge in [-0.1, -0.05) is 6.07 Å². The molecule has 0 spiro atoms. The minimum atomic E-state index is -0.0439. The van der Waals surface area contributed by atoms with E-state index in [4.69, 9.17) is 9.15 Å². The molecule has 0 aliphatic heterocycles. The molecule has 0 atom stereocenters. The number of fused-ring (bicyclic) bond motifs is 1. The highest BCUT2D eigenvalue weighted by Crippen LogP contribution is 2.32. The highest BCUT2D eigenvalue weighted by molar-refractivity contribution is 6.18. The lowest BCUT2D eigenvalue weighted by molar-refractivity contribution is 0.103. The summed E-state index contributed by atoms with van der Waals surface area (Å²) in [6, 6.07) is 5.67. The maximum absolute atomic E-state index is 12.9. The van der Waals surface area contributed by atoms with Crippen LogP contribution in [0.3, 0.4) is 0 Å². The number of benzene rings is 1. The first-order chi connectivity index (χ1) is 10.0. The molecule has 0 aliphatic rings. The highest BCUT2D eigenvalue weighted by Gasteiger charge is 2.23. The average Bonchev–Trinajstić information content (AvgIpc) is 3.00. The van der Waals surface area contributed by atoms with E-state index < -0.39 is 0 Å². The van der Waals surface area contributed by atoms with Gasteiger partial charge in [-0.05, 0) is 32.9 Å². The molecule has 4 nitrogen and oxygen atoms in total. The molecular weight excluding hydrogens is 266 g/mol. The van der Waals surface area contributed by atoms with Gasteiger partial charge in [0.25, 0.3) is 0 Å². The Morgan fingerprint density at radius 3 is 2.57 bits per heavy atom. The van der Waals surface area contributed by atoms with Gasteiger partial charge >= 0.3 is 0 Å². The van der Waals surface area contributed by atoms with Crippen molar-refractivity contribution in [3.63, 3.8) is 0 Å². The third-order valence-electron chi connectivity index (χ3n) is 3.92. The van der Waals surface area contributed by atoms with Gasteiger partial charge < -0.3 is 14.1 Å². The first-order valence-electron chi connectivity index (χ1n) is 6.80. The summed E-state index contributed by atoms with van der Waals surface area (Å²) in [4.78, 5) is 16.0. The molecule has 0 saturated carbocycles. The number of nitrogens with one attached hydrogen (secondary N) is 1. The molecule has 2 aromatic heterocycles. The quantitative estimate of drug-likeness (QED) is 0.741.